The van der Waals surface area contributed by atoms with Gasteiger partial charge in [0.15, 0.2) is 12.4 Å². The van der Waals surface area contributed by atoms with Crippen LogP contribution < -0.4 is 16.0 Å². The number of ether oxygens (including phenoxy) is 2. The minimum atomic E-state index is -2.50. The molecule has 19 nitrogen and oxygen atoms in total. The zero-order valence-corrected chi connectivity index (χ0v) is 38.1. The van der Waals surface area contributed by atoms with E-state index in [1.165, 1.54) is 30.3 Å². The summed E-state index contributed by atoms with van der Waals surface area (Å²) in [6.07, 6.45) is 6.11. The number of benzene rings is 3. The molecule has 5 rings (SSSR count). The van der Waals surface area contributed by atoms with E-state index in [-0.39, 0.29) is 48.8 Å². The van der Waals surface area contributed by atoms with Crippen molar-refractivity contribution in [3.63, 3.8) is 0 Å². The lowest BCUT2D eigenvalue weighted by molar-refractivity contribution is -0.394. The van der Waals surface area contributed by atoms with Crippen molar-refractivity contribution in [1.82, 2.24) is 25.5 Å². The van der Waals surface area contributed by atoms with Gasteiger partial charge in [-0.3, -0.25) is 39.2 Å². The highest BCUT2D eigenvalue weighted by molar-refractivity contribution is 7.39. The summed E-state index contributed by atoms with van der Waals surface area (Å²) in [4.78, 5) is 81.0. The third kappa shape index (κ3) is 15.8. The molecular formula is C46H57N7O12P+. The van der Waals surface area contributed by atoms with E-state index in [4.69, 9.17) is 14.0 Å². The molecule has 1 aliphatic rings. The van der Waals surface area contributed by atoms with Crippen molar-refractivity contribution >= 4 is 43.3 Å². The maximum Gasteiger partial charge on any atom is 0.511 e. The average Bonchev–Trinajstić information content (AvgIpc) is 3.77. The molecule has 1 heterocycles. The van der Waals surface area contributed by atoms with E-state index in [2.05, 4.69) is 20.9 Å². The Morgan fingerprint density at radius 3 is 2.17 bits per heavy atom. The number of hydrogen-bond acceptors (Lipinski definition) is 13. The van der Waals surface area contributed by atoms with Gasteiger partial charge >= 0.3 is 20.1 Å². The lowest BCUT2D eigenvalue weighted by Crippen LogP contribution is -2.56. The number of nitrogens with one attached hydrogen (secondary N) is 3. The van der Waals surface area contributed by atoms with Crippen molar-refractivity contribution in [2.45, 2.75) is 103 Å². The van der Waals surface area contributed by atoms with E-state index in [0.29, 0.717) is 19.3 Å². The second-order valence-corrected chi connectivity index (χ2v) is 18.0. The van der Waals surface area contributed by atoms with Crippen LogP contribution in [0.5, 0.6) is 0 Å². The fourth-order valence-electron chi connectivity index (χ4n) is 7.87. The van der Waals surface area contributed by atoms with E-state index in [9.17, 15) is 44.0 Å². The quantitative estimate of drug-likeness (QED) is 0.0201. The molecule has 3 N–H and O–H groups in total. The molecule has 0 aliphatic heterocycles. The van der Waals surface area contributed by atoms with Crippen molar-refractivity contribution in [3.05, 3.63) is 128 Å². The highest BCUT2D eigenvalue weighted by atomic mass is 31.1. The third-order valence-corrected chi connectivity index (χ3v) is 12.4. The second kappa shape index (κ2) is 25.2. The van der Waals surface area contributed by atoms with Crippen LogP contribution in [0.1, 0.15) is 82.0 Å². The van der Waals surface area contributed by atoms with Gasteiger partial charge in [0, 0.05) is 18.7 Å². The van der Waals surface area contributed by atoms with E-state index < -0.39 is 77.4 Å². The fraction of sp³-hybridized carbons (Fsp3) is 0.457. The van der Waals surface area contributed by atoms with Crippen LogP contribution in [0.4, 0.5) is 16.2 Å². The number of nitro benzene ring substituents is 2. The van der Waals surface area contributed by atoms with E-state index >= 15 is 0 Å². The van der Waals surface area contributed by atoms with Crippen LogP contribution in [-0.2, 0) is 52.4 Å². The van der Waals surface area contributed by atoms with Crippen LogP contribution in [0.2, 0.25) is 0 Å². The Morgan fingerprint density at radius 2 is 1.53 bits per heavy atom. The molecule has 4 unspecified atom stereocenters. The molecule has 20 heteroatoms. The summed E-state index contributed by atoms with van der Waals surface area (Å²) in [5.74, 6) is -2.51. The molecule has 0 spiro atoms. The molecule has 352 valence electrons. The van der Waals surface area contributed by atoms with Gasteiger partial charge in [-0.2, -0.15) is 0 Å². The number of methoxy groups -OCH3 is 1. The summed E-state index contributed by atoms with van der Waals surface area (Å²) in [7, 11) is -1.24. The summed E-state index contributed by atoms with van der Waals surface area (Å²) in [6, 6.07) is 18.8. The molecule has 4 aromatic rings. The summed E-state index contributed by atoms with van der Waals surface area (Å²) in [5.41, 5.74) is 0.694. The Kier molecular flexibility index (Phi) is 19.2. The van der Waals surface area contributed by atoms with Crippen LogP contribution in [0, 0.1) is 38.0 Å². The Labute approximate surface area is 383 Å². The summed E-state index contributed by atoms with van der Waals surface area (Å²) in [6.45, 7) is 3.79. The normalized spacial score (nSPS) is 14.8. The predicted octanol–water partition coefficient (Wildman–Crippen LogP) is 7.65. The minimum absolute atomic E-state index is 0.0407. The molecule has 5 atom stereocenters. The number of nitro groups is 2. The van der Waals surface area contributed by atoms with E-state index in [1.54, 1.807) is 24.3 Å². The van der Waals surface area contributed by atoms with Crippen LogP contribution in [0.25, 0.3) is 5.69 Å². The Morgan fingerprint density at radius 1 is 0.864 bits per heavy atom. The number of carbonyl (C=O) groups excluding carboxylic acids is 4. The first-order valence-corrected chi connectivity index (χ1v) is 23.3. The van der Waals surface area contributed by atoms with Crippen LogP contribution in [-0.4, -0.2) is 74.9 Å². The maximum atomic E-state index is 14.6. The van der Waals surface area contributed by atoms with Gasteiger partial charge in [-0.25, -0.2) is 9.78 Å². The summed E-state index contributed by atoms with van der Waals surface area (Å²) in [5, 5.41) is 31.7. The van der Waals surface area contributed by atoms with Gasteiger partial charge in [0.1, 0.15) is 30.3 Å². The molecule has 1 aliphatic carbocycles. The topological polar surface area (TPSA) is 253 Å². The first kappa shape index (κ1) is 50.4. The van der Waals surface area contributed by atoms with E-state index in [0.717, 1.165) is 55.4 Å². The van der Waals surface area contributed by atoms with Crippen molar-refractivity contribution in [2.24, 2.45) is 17.8 Å². The summed E-state index contributed by atoms with van der Waals surface area (Å²) < 4.78 is 31.4. The molecule has 66 heavy (non-hydrogen) atoms. The molecule has 3 aromatic carbocycles. The molecule has 1 aromatic heterocycles. The molecule has 1 fully saturated rings. The summed E-state index contributed by atoms with van der Waals surface area (Å²) >= 11 is 0. The second-order valence-electron chi connectivity index (χ2n) is 16.7. The molecule has 0 radical (unpaired) electrons. The van der Waals surface area contributed by atoms with Crippen molar-refractivity contribution in [3.8, 4) is 5.69 Å². The van der Waals surface area contributed by atoms with Gasteiger partial charge < -0.3 is 25.4 Å². The van der Waals surface area contributed by atoms with Gasteiger partial charge in [-0.1, -0.05) is 107 Å². The lowest BCUT2D eigenvalue weighted by Gasteiger charge is -2.27. The van der Waals surface area contributed by atoms with Crippen molar-refractivity contribution < 1.29 is 47.6 Å². The standard InChI is InChI=1S/C46H56N7O12P/c1-31(2)23-35(45(56)63-3)29-66(62)65-42(24-33-15-9-5-10-16-33)50-44(55)39(25-36-27-51(30-47-36)40-22-20-37(52(58)59)26-41(40)53(60)61)48-43(54)38(21-19-32-13-7-4-8-14-32)49-46(57)64-28-34-17-11-6-12-18-34/h4,6-8,11-14,17-18,20,22,26-27,30-31,33,35,38-39,42H,5,9-10,15-16,19,21,23-25,28-29H2,1-3H3,(H2-,48,49,50,54,55,57)/p+1/t35?,38?,39-,42?/m0/s1. The van der Waals surface area contributed by atoms with Crippen molar-refractivity contribution in [2.75, 3.05) is 13.3 Å². The van der Waals surface area contributed by atoms with Crippen LogP contribution in [0.15, 0.2) is 91.4 Å². The number of aromatic nitrogens is 2. The smallest absolute Gasteiger partial charge is 0.469 e. The Bertz CT molecular complexity index is 2290. The number of aryl methyl sites for hydroxylation is 1. The van der Waals surface area contributed by atoms with Gasteiger partial charge in [0.2, 0.25) is 11.8 Å². The first-order chi connectivity index (χ1) is 31.7. The molecular weight excluding hydrogens is 874 g/mol. The lowest BCUT2D eigenvalue weighted by atomic mass is 9.86. The van der Waals surface area contributed by atoms with Gasteiger partial charge in [0.25, 0.3) is 11.4 Å². The zero-order chi connectivity index (χ0) is 47.6. The van der Waals surface area contributed by atoms with Gasteiger partial charge in [-0.15, -0.1) is 4.52 Å². The van der Waals surface area contributed by atoms with E-state index in [1.807, 2.05) is 50.2 Å². The highest BCUT2D eigenvalue weighted by Crippen LogP contribution is 2.35. The monoisotopic (exact) mass is 930 g/mol. The molecule has 3 amide bonds. The number of carbonyl (C=O) groups is 4. The maximum absolute atomic E-state index is 14.6. The number of esters is 1. The highest BCUT2D eigenvalue weighted by Gasteiger charge is 2.37. The van der Waals surface area contributed by atoms with Crippen LogP contribution in [0.3, 0.4) is 0 Å². The predicted molar refractivity (Wildman–Crippen MR) is 242 cm³/mol. The fourth-order valence-corrected chi connectivity index (χ4v) is 9.04. The number of alkyl carbamates (subject to hydrolysis) is 1. The number of rotatable bonds is 24. The Hall–Kier alpha value is -6.59. The number of non-ortho nitro benzene ring substituents is 1. The van der Waals surface area contributed by atoms with Gasteiger partial charge in [-0.05, 0) is 59.3 Å². The molecule has 0 saturated heterocycles. The molecule has 1 saturated carbocycles. The first-order valence-electron chi connectivity index (χ1n) is 22.0. The third-order valence-electron chi connectivity index (χ3n) is 11.2. The van der Waals surface area contributed by atoms with Gasteiger partial charge in [0.05, 0.1) is 35.0 Å². The Balaban J connectivity index is 1.44. The SMILES string of the molecule is COC(=O)C(CC(C)C)C[P+](=O)OC(CC1CCCCC1)NC(=O)[C@H](Cc1cn(-c2ccc([N+](=O)[O-])cc2[N+](=O)[O-])cn1)NC(=O)C(CCc1ccccc1)NC(=O)OCc1ccccc1. The van der Waals surface area contributed by atoms with Crippen molar-refractivity contribution in [1.29, 1.82) is 0 Å². The number of amides is 3. The molecule has 0 bridgehead atoms. The largest absolute Gasteiger partial charge is 0.511 e. The van der Waals surface area contributed by atoms with Crippen LogP contribution >= 0.6 is 8.03 Å². The number of hydrogen-bond donors (Lipinski definition) is 3. The average molecular weight is 931 g/mol. The minimum Gasteiger partial charge on any atom is -0.469 e. The number of imidazole rings is 1. The zero-order valence-electron chi connectivity index (χ0n) is 37.2. The number of nitrogens with zero attached hydrogens (tertiary/aromatic N) is 4.